The molecule has 1 aromatic heterocycles. The lowest BCUT2D eigenvalue weighted by molar-refractivity contribution is -0.114. The van der Waals surface area contributed by atoms with E-state index in [2.05, 4.69) is 20.9 Å². The number of thiazole rings is 1. The van der Waals surface area contributed by atoms with Gasteiger partial charge in [-0.05, 0) is 49.4 Å². The van der Waals surface area contributed by atoms with Gasteiger partial charge in [-0.1, -0.05) is 72.3 Å². The van der Waals surface area contributed by atoms with E-state index in [1.54, 1.807) is 60.7 Å². The number of rotatable bonds is 11. The summed E-state index contributed by atoms with van der Waals surface area (Å²) in [5.74, 6) is -0.419. The van der Waals surface area contributed by atoms with Gasteiger partial charge in [0.15, 0.2) is 5.13 Å². The fourth-order valence-electron chi connectivity index (χ4n) is 4.24. The highest BCUT2D eigenvalue weighted by atomic mass is 32.2. The number of ether oxygens (including phenoxy) is 1. The minimum atomic E-state index is -0.516. The zero-order valence-corrected chi connectivity index (χ0v) is 26.2. The van der Waals surface area contributed by atoms with Crippen molar-refractivity contribution in [3.63, 3.8) is 0 Å². The molecule has 226 valence electrons. The van der Waals surface area contributed by atoms with Gasteiger partial charge >= 0.3 is 0 Å². The first-order valence-corrected chi connectivity index (χ1v) is 15.8. The molecule has 5 aromatic rings. The Morgan fingerprint density at radius 1 is 0.889 bits per heavy atom. The first-order chi connectivity index (χ1) is 21.9. The summed E-state index contributed by atoms with van der Waals surface area (Å²) in [6.45, 7) is 2.03. The zero-order chi connectivity index (χ0) is 31.6. The van der Waals surface area contributed by atoms with Crippen LogP contribution in [0.1, 0.15) is 21.5 Å². The predicted octanol–water partition coefficient (Wildman–Crippen LogP) is 7.27. The molecule has 0 saturated heterocycles. The number of carbonyl (C=O) groups excluding carboxylic acids is 3. The predicted molar refractivity (Wildman–Crippen MR) is 182 cm³/mol. The van der Waals surface area contributed by atoms with Gasteiger partial charge in [0, 0.05) is 32.7 Å². The maximum absolute atomic E-state index is 13.5. The number of hydrogen-bond donors (Lipinski definition) is 3. The van der Waals surface area contributed by atoms with E-state index >= 15 is 0 Å². The number of carbonyl (C=O) groups is 3. The van der Waals surface area contributed by atoms with Crippen LogP contribution in [0.4, 0.5) is 10.8 Å². The molecule has 0 atom stereocenters. The third-order valence-electron chi connectivity index (χ3n) is 6.53. The molecule has 3 amide bonds. The van der Waals surface area contributed by atoms with Crippen LogP contribution in [0.3, 0.4) is 0 Å². The summed E-state index contributed by atoms with van der Waals surface area (Å²) in [4.78, 5) is 44.4. The van der Waals surface area contributed by atoms with Crippen LogP contribution >= 0.6 is 23.1 Å². The molecule has 10 heteroatoms. The van der Waals surface area contributed by atoms with E-state index in [1.165, 1.54) is 35.8 Å². The smallest absolute Gasteiger partial charge is 0.272 e. The summed E-state index contributed by atoms with van der Waals surface area (Å²) >= 11 is 2.70. The number of nitrogens with one attached hydrogen (secondary N) is 3. The fourth-order valence-corrected chi connectivity index (χ4v) is 5.73. The van der Waals surface area contributed by atoms with E-state index < -0.39 is 11.8 Å². The van der Waals surface area contributed by atoms with Crippen molar-refractivity contribution in [1.29, 1.82) is 0 Å². The van der Waals surface area contributed by atoms with Crippen molar-refractivity contribution in [2.24, 2.45) is 0 Å². The van der Waals surface area contributed by atoms with Gasteiger partial charge in [0.05, 0.1) is 18.6 Å². The highest BCUT2D eigenvalue weighted by molar-refractivity contribution is 8.00. The van der Waals surface area contributed by atoms with Crippen molar-refractivity contribution in [3.05, 3.63) is 131 Å². The fraction of sp³-hybridized carbons (Fsp3) is 0.0857. The van der Waals surface area contributed by atoms with E-state index in [-0.39, 0.29) is 17.4 Å². The summed E-state index contributed by atoms with van der Waals surface area (Å²) in [6, 6.07) is 31.1. The summed E-state index contributed by atoms with van der Waals surface area (Å²) < 4.78 is 5.43. The lowest BCUT2D eigenvalue weighted by Gasteiger charge is -2.13. The third-order valence-corrected chi connectivity index (χ3v) is 8.28. The number of benzene rings is 4. The number of aromatic nitrogens is 1. The first kappa shape index (κ1) is 31.2. The second kappa shape index (κ2) is 15.0. The number of anilines is 2. The van der Waals surface area contributed by atoms with Gasteiger partial charge in [-0.15, -0.1) is 23.1 Å². The van der Waals surface area contributed by atoms with Crippen LogP contribution in [0.5, 0.6) is 5.75 Å². The largest absolute Gasteiger partial charge is 0.496 e. The molecule has 0 radical (unpaired) electrons. The van der Waals surface area contributed by atoms with Gasteiger partial charge in [-0.3, -0.25) is 14.4 Å². The van der Waals surface area contributed by atoms with Gasteiger partial charge < -0.3 is 20.7 Å². The van der Waals surface area contributed by atoms with Gasteiger partial charge in [-0.25, -0.2) is 4.98 Å². The SMILES string of the molecule is COc1ccccc1/C=C(/NC(=O)c1ccccc1)C(=O)Nc1cccc(SCC(=O)Nc2nc(-c3ccc(C)cc3)cs2)c1. The maximum atomic E-state index is 13.5. The van der Waals surface area contributed by atoms with Crippen LogP contribution in [0.2, 0.25) is 0 Å². The Kier molecular flexibility index (Phi) is 10.4. The van der Waals surface area contributed by atoms with Crippen molar-refractivity contribution in [2.45, 2.75) is 11.8 Å². The molecule has 0 aliphatic rings. The Morgan fingerprint density at radius 2 is 1.64 bits per heavy atom. The highest BCUT2D eigenvalue weighted by Crippen LogP contribution is 2.27. The lowest BCUT2D eigenvalue weighted by atomic mass is 10.1. The highest BCUT2D eigenvalue weighted by Gasteiger charge is 2.17. The van der Waals surface area contributed by atoms with Crippen molar-refractivity contribution in [2.75, 3.05) is 23.5 Å². The zero-order valence-electron chi connectivity index (χ0n) is 24.6. The molecule has 0 spiro atoms. The quantitative estimate of drug-likeness (QED) is 0.104. The number of aryl methyl sites for hydroxylation is 1. The van der Waals surface area contributed by atoms with Gasteiger partial charge in [0.25, 0.3) is 11.8 Å². The molecule has 4 aromatic carbocycles. The lowest BCUT2D eigenvalue weighted by Crippen LogP contribution is -2.30. The average Bonchev–Trinajstić information content (AvgIpc) is 3.52. The molecule has 0 saturated carbocycles. The summed E-state index contributed by atoms with van der Waals surface area (Å²) in [6.07, 6.45) is 1.57. The normalized spacial score (nSPS) is 11.0. The standard InChI is InChI=1S/C35H30N4O4S2/c1-23-15-17-24(18-16-23)30-21-45-35(38-30)39-32(40)22-44-28-13-8-12-27(20-28)36-34(42)29(19-26-11-6-7-14-31(26)43-2)37-33(41)25-9-4-3-5-10-25/h3-21H,22H2,1-2H3,(H,36,42)(H,37,41)(H,38,39,40)/b29-19+. The molecule has 3 N–H and O–H groups in total. The van der Waals surface area contributed by atoms with Crippen LogP contribution in [-0.2, 0) is 9.59 Å². The summed E-state index contributed by atoms with van der Waals surface area (Å²) in [7, 11) is 1.54. The maximum Gasteiger partial charge on any atom is 0.272 e. The number of methoxy groups -OCH3 is 1. The number of amides is 3. The summed E-state index contributed by atoms with van der Waals surface area (Å²) in [5.41, 5.74) is 4.56. The Hall–Kier alpha value is -5.19. The average molecular weight is 635 g/mol. The second-order valence-corrected chi connectivity index (χ2v) is 11.7. The molecule has 0 aliphatic heterocycles. The van der Waals surface area contributed by atoms with Crippen LogP contribution < -0.4 is 20.7 Å². The van der Waals surface area contributed by atoms with E-state index in [0.717, 1.165) is 16.2 Å². The molecule has 0 unspecified atom stereocenters. The van der Waals surface area contributed by atoms with Gasteiger partial charge in [-0.2, -0.15) is 0 Å². The molecule has 45 heavy (non-hydrogen) atoms. The Bertz CT molecular complexity index is 1840. The van der Waals surface area contributed by atoms with E-state index in [0.29, 0.717) is 27.7 Å². The first-order valence-electron chi connectivity index (χ1n) is 14.0. The van der Waals surface area contributed by atoms with Crippen molar-refractivity contribution >= 4 is 57.7 Å². The molecule has 0 fully saturated rings. The van der Waals surface area contributed by atoms with Crippen LogP contribution in [0, 0.1) is 6.92 Å². The summed E-state index contributed by atoms with van der Waals surface area (Å²) in [5, 5.41) is 10.9. The Balaban J connectivity index is 1.24. The van der Waals surface area contributed by atoms with E-state index in [9.17, 15) is 14.4 Å². The molecular weight excluding hydrogens is 605 g/mol. The van der Waals surface area contributed by atoms with Crippen molar-refractivity contribution in [3.8, 4) is 17.0 Å². The molecule has 8 nitrogen and oxygen atoms in total. The number of nitrogens with zero attached hydrogens (tertiary/aromatic N) is 1. The van der Waals surface area contributed by atoms with Crippen molar-refractivity contribution < 1.29 is 19.1 Å². The minimum Gasteiger partial charge on any atom is -0.496 e. The minimum absolute atomic E-state index is 0.0410. The number of hydrogen-bond acceptors (Lipinski definition) is 7. The van der Waals surface area contributed by atoms with E-state index in [1.807, 2.05) is 60.8 Å². The van der Waals surface area contributed by atoms with Crippen LogP contribution in [0.15, 0.2) is 119 Å². The Labute approximate surface area is 269 Å². The van der Waals surface area contributed by atoms with Gasteiger partial charge in [0.2, 0.25) is 5.91 Å². The van der Waals surface area contributed by atoms with Crippen LogP contribution in [-0.4, -0.2) is 35.6 Å². The molecule has 0 bridgehead atoms. The topological polar surface area (TPSA) is 109 Å². The molecule has 1 heterocycles. The molecular formula is C35H30N4O4S2. The number of para-hydroxylation sites is 1. The molecule has 5 rings (SSSR count). The second-order valence-electron chi connectivity index (χ2n) is 9.84. The molecule has 0 aliphatic carbocycles. The van der Waals surface area contributed by atoms with E-state index in [4.69, 9.17) is 4.74 Å². The monoisotopic (exact) mass is 634 g/mol. The Morgan fingerprint density at radius 3 is 2.42 bits per heavy atom. The van der Waals surface area contributed by atoms with Crippen molar-refractivity contribution in [1.82, 2.24) is 10.3 Å². The number of thioether (sulfide) groups is 1. The van der Waals surface area contributed by atoms with Gasteiger partial charge in [0.1, 0.15) is 11.4 Å². The van der Waals surface area contributed by atoms with Crippen LogP contribution in [0.25, 0.3) is 17.3 Å². The third kappa shape index (κ3) is 8.69.